The van der Waals surface area contributed by atoms with Gasteiger partial charge in [0.15, 0.2) is 0 Å². The molecule has 0 fully saturated rings. The standard InChI is InChI=1S/C11H22N2O2.C5H8O4.C4H11N/c1-3-5-7-12-10(14)9-11(15)13-8-6-4-2;1-8-4(6)3-5(7)9-2;1-2-3-4-5/h3-9H2,1-2H3,(H,12,14)(H,13,15);3H2,1-2H3;2-5H2,1H3. The zero-order chi connectivity index (χ0) is 22.9. The third-order valence-electron chi connectivity index (χ3n) is 3.33. The molecular weight excluding hydrogens is 378 g/mol. The first-order valence-electron chi connectivity index (χ1n) is 10.2. The van der Waals surface area contributed by atoms with E-state index in [0.29, 0.717) is 13.1 Å². The van der Waals surface area contributed by atoms with Crippen molar-refractivity contribution in [3.05, 3.63) is 0 Å². The van der Waals surface area contributed by atoms with Crippen LogP contribution in [0.3, 0.4) is 0 Å². The third kappa shape index (κ3) is 30.8. The summed E-state index contributed by atoms with van der Waals surface area (Å²) in [6.07, 6.45) is 6.04. The number of hydrogen-bond donors (Lipinski definition) is 3. The number of hydrogen-bond acceptors (Lipinski definition) is 7. The van der Waals surface area contributed by atoms with Crippen LogP contribution in [0.4, 0.5) is 0 Å². The Morgan fingerprint density at radius 3 is 1.31 bits per heavy atom. The predicted octanol–water partition coefficient (Wildman–Crippen LogP) is 1.68. The Balaban J connectivity index is -0.000000407. The molecule has 0 saturated carbocycles. The SMILES string of the molecule is CCCCN.CCCCNC(=O)CC(=O)NCCCC.COC(=O)CC(=O)OC. The van der Waals surface area contributed by atoms with Crippen LogP contribution in [0.15, 0.2) is 0 Å². The lowest BCUT2D eigenvalue weighted by Gasteiger charge is -2.05. The number of amides is 2. The molecule has 0 heterocycles. The maximum Gasteiger partial charge on any atom is 0.316 e. The summed E-state index contributed by atoms with van der Waals surface area (Å²) in [5.41, 5.74) is 5.14. The molecule has 29 heavy (non-hydrogen) atoms. The second-order valence-electron chi connectivity index (χ2n) is 6.06. The lowest BCUT2D eigenvalue weighted by Crippen LogP contribution is -2.32. The minimum Gasteiger partial charge on any atom is -0.469 e. The van der Waals surface area contributed by atoms with E-state index in [1.807, 2.05) is 0 Å². The summed E-state index contributed by atoms with van der Waals surface area (Å²) < 4.78 is 8.37. The summed E-state index contributed by atoms with van der Waals surface area (Å²) >= 11 is 0. The van der Waals surface area contributed by atoms with Crippen LogP contribution >= 0.6 is 0 Å². The highest BCUT2D eigenvalue weighted by Crippen LogP contribution is 1.87. The summed E-state index contributed by atoms with van der Waals surface area (Å²) in [4.78, 5) is 42.9. The molecule has 0 unspecified atom stereocenters. The lowest BCUT2D eigenvalue weighted by molar-refractivity contribution is -0.151. The number of rotatable bonds is 12. The molecule has 0 atom stereocenters. The number of carbonyl (C=O) groups excluding carboxylic acids is 4. The highest BCUT2D eigenvalue weighted by Gasteiger charge is 2.08. The second kappa shape index (κ2) is 25.8. The fraction of sp³-hybridized carbons (Fsp3) is 0.800. The molecule has 0 bridgehead atoms. The highest BCUT2D eigenvalue weighted by atomic mass is 16.5. The zero-order valence-corrected chi connectivity index (χ0v) is 18.8. The molecule has 0 aliphatic rings. The average Bonchev–Trinajstić information content (AvgIpc) is 2.69. The van der Waals surface area contributed by atoms with E-state index in [-0.39, 0.29) is 24.7 Å². The van der Waals surface area contributed by atoms with Gasteiger partial charge in [-0.15, -0.1) is 0 Å². The van der Waals surface area contributed by atoms with Gasteiger partial charge >= 0.3 is 11.9 Å². The van der Waals surface area contributed by atoms with Crippen LogP contribution in [0.1, 0.15) is 72.1 Å². The van der Waals surface area contributed by atoms with Crippen LogP contribution in [0.25, 0.3) is 0 Å². The number of carbonyl (C=O) groups is 4. The van der Waals surface area contributed by atoms with Gasteiger partial charge < -0.3 is 25.8 Å². The molecule has 172 valence electrons. The molecule has 0 rings (SSSR count). The molecular formula is C20H41N3O6. The topological polar surface area (TPSA) is 137 Å². The Morgan fingerprint density at radius 1 is 0.690 bits per heavy atom. The first kappa shape index (κ1) is 31.5. The Bertz CT molecular complexity index is 394. The normalized spacial score (nSPS) is 9.03. The third-order valence-corrected chi connectivity index (χ3v) is 3.33. The van der Waals surface area contributed by atoms with Gasteiger partial charge in [-0.25, -0.2) is 0 Å². The molecule has 4 N–H and O–H groups in total. The van der Waals surface area contributed by atoms with Crippen LogP contribution in [0.2, 0.25) is 0 Å². The van der Waals surface area contributed by atoms with E-state index in [4.69, 9.17) is 5.73 Å². The molecule has 0 aromatic rings. The van der Waals surface area contributed by atoms with Gasteiger partial charge in [-0.3, -0.25) is 19.2 Å². The predicted molar refractivity (Wildman–Crippen MR) is 113 cm³/mol. The van der Waals surface area contributed by atoms with Gasteiger partial charge in [0, 0.05) is 13.1 Å². The highest BCUT2D eigenvalue weighted by molar-refractivity contribution is 5.96. The summed E-state index contributed by atoms with van der Waals surface area (Å²) in [5.74, 6) is -1.53. The van der Waals surface area contributed by atoms with E-state index >= 15 is 0 Å². The van der Waals surface area contributed by atoms with Crippen molar-refractivity contribution in [1.82, 2.24) is 10.6 Å². The fourth-order valence-electron chi connectivity index (χ4n) is 1.55. The van der Waals surface area contributed by atoms with Gasteiger partial charge in [-0.2, -0.15) is 0 Å². The maximum atomic E-state index is 11.2. The Labute approximate surface area is 175 Å². The van der Waals surface area contributed by atoms with Crippen LogP contribution in [-0.2, 0) is 28.7 Å². The Kier molecular flexibility index (Phi) is 28.1. The molecule has 0 spiro atoms. The molecule has 0 aromatic carbocycles. The molecule has 0 saturated heterocycles. The van der Waals surface area contributed by atoms with Crippen molar-refractivity contribution in [1.29, 1.82) is 0 Å². The van der Waals surface area contributed by atoms with E-state index in [0.717, 1.165) is 32.2 Å². The quantitative estimate of drug-likeness (QED) is 0.249. The van der Waals surface area contributed by atoms with Gasteiger partial charge in [-0.05, 0) is 25.8 Å². The van der Waals surface area contributed by atoms with E-state index in [1.165, 1.54) is 27.1 Å². The van der Waals surface area contributed by atoms with Crippen LogP contribution in [-0.4, -0.2) is 57.6 Å². The number of esters is 2. The van der Waals surface area contributed by atoms with Crippen LogP contribution < -0.4 is 16.4 Å². The maximum absolute atomic E-state index is 11.2. The molecule has 9 heteroatoms. The van der Waals surface area contributed by atoms with Crippen molar-refractivity contribution >= 4 is 23.8 Å². The number of unbranched alkanes of at least 4 members (excludes halogenated alkanes) is 3. The smallest absolute Gasteiger partial charge is 0.316 e. The van der Waals surface area contributed by atoms with Gasteiger partial charge in [0.2, 0.25) is 11.8 Å². The van der Waals surface area contributed by atoms with Crippen molar-refractivity contribution in [2.75, 3.05) is 33.9 Å². The van der Waals surface area contributed by atoms with E-state index in [2.05, 4.69) is 40.9 Å². The van der Waals surface area contributed by atoms with Gasteiger partial charge in [-0.1, -0.05) is 40.0 Å². The first-order chi connectivity index (χ1) is 13.8. The number of nitrogens with one attached hydrogen (secondary N) is 2. The minimum atomic E-state index is -0.582. The summed E-state index contributed by atoms with van der Waals surface area (Å²) in [5, 5.41) is 5.41. The summed E-state index contributed by atoms with van der Waals surface area (Å²) in [6.45, 7) is 8.42. The summed E-state index contributed by atoms with van der Waals surface area (Å²) in [7, 11) is 2.43. The number of methoxy groups -OCH3 is 2. The monoisotopic (exact) mass is 419 g/mol. The van der Waals surface area contributed by atoms with Gasteiger partial charge in [0.25, 0.3) is 0 Å². The first-order valence-corrected chi connectivity index (χ1v) is 10.2. The average molecular weight is 420 g/mol. The summed E-state index contributed by atoms with van der Waals surface area (Å²) in [6, 6.07) is 0. The zero-order valence-electron chi connectivity index (χ0n) is 18.8. The molecule has 9 nitrogen and oxygen atoms in total. The number of ether oxygens (including phenoxy) is 2. The van der Waals surface area contributed by atoms with Gasteiger partial charge in [0.1, 0.15) is 12.8 Å². The van der Waals surface area contributed by atoms with Crippen molar-refractivity contribution < 1.29 is 28.7 Å². The second-order valence-corrected chi connectivity index (χ2v) is 6.06. The molecule has 0 aromatic heterocycles. The fourth-order valence-corrected chi connectivity index (χ4v) is 1.55. The van der Waals surface area contributed by atoms with E-state index < -0.39 is 11.9 Å². The molecule has 0 radical (unpaired) electrons. The van der Waals surface area contributed by atoms with Crippen molar-refractivity contribution in [3.63, 3.8) is 0 Å². The molecule has 2 amide bonds. The minimum absolute atomic E-state index is 0.0482. The van der Waals surface area contributed by atoms with Crippen LogP contribution in [0, 0.1) is 0 Å². The largest absolute Gasteiger partial charge is 0.469 e. The van der Waals surface area contributed by atoms with E-state index in [9.17, 15) is 19.2 Å². The molecule has 0 aliphatic carbocycles. The Morgan fingerprint density at radius 2 is 1.07 bits per heavy atom. The molecule has 0 aliphatic heterocycles. The Hall–Kier alpha value is -2.16. The van der Waals surface area contributed by atoms with Crippen molar-refractivity contribution in [2.45, 2.75) is 72.1 Å². The van der Waals surface area contributed by atoms with Gasteiger partial charge in [0.05, 0.1) is 14.2 Å². The van der Waals surface area contributed by atoms with Crippen LogP contribution in [0.5, 0.6) is 0 Å². The number of nitrogens with two attached hydrogens (primary N) is 1. The van der Waals surface area contributed by atoms with Crippen molar-refractivity contribution in [2.24, 2.45) is 5.73 Å². The van der Waals surface area contributed by atoms with Crippen molar-refractivity contribution in [3.8, 4) is 0 Å². The lowest BCUT2D eigenvalue weighted by atomic mass is 10.3. The van der Waals surface area contributed by atoms with E-state index in [1.54, 1.807) is 0 Å².